The van der Waals surface area contributed by atoms with E-state index in [1.54, 1.807) is 35.4 Å². The van der Waals surface area contributed by atoms with Gasteiger partial charge in [0.05, 0.1) is 32.0 Å². The largest absolute Gasteiger partial charge is 0.497 e. The Morgan fingerprint density at radius 2 is 1.57 bits per heavy atom. The summed E-state index contributed by atoms with van der Waals surface area (Å²) < 4.78 is 35.1. The Morgan fingerprint density at radius 3 is 2.03 bits per heavy atom. The summed E-state index contributed by atoms with van der Waals surface area (Å²) in [5.74, 6) is 0.790. The summed E-state index contributed by atoms with van der Waals surface area (Å²) in [6, 6.07) is 7.78. The first-order chi connectivity index (χ1) is 16.4. The monoisotopic (exact) mass is 510 g/mol. The van der Waals surface area contributed by atoms with Gasteiger partial charge in [-0.05, 0) is 54.4 Å². The number of carbonyl (C=O) groups excluding carboxylic acids is 1. The highest BCUT2D eigenvalue weighted by Gasteiger charge is 2.41. The van der Waals surface area contributed by atoms with Gasteiger partial charge in [0.2, 0.25) is 0 Å². The van der Waals surface area contributed by atoms with E-state index in [-0.39, 0.29) is 17.2 Å². The lowest BCUT2D eigenvalue weighted by Gasteiger charge is -2.41. The minimum atomic E-state index is -2.19. The Hall–Kier alpha value is -1.55. The van der Waals surface area contributed by atoms with E-state index in [2.05, 4.69) is 33.9 Å². The molecule has 0 aromatic heterocycles. The molecule has 0 radical (unpaired) electrons. The second kappa shape index (κ2) is 14.9. The van der Waals surface area contributed by atoms with Crippen LogP contribution in [-0.2, 0) is 34.8 Å². The van der Waals surface area contributed by atoms with Crippen molar-refractivity contribution in [2.24, 2.45) is 0 Å². The molecule has 0 saturated carbocycles. The van der Waals surface area contributed by atoms with Crippen molar-refractivity contribution < 1.29 is 32.9 Å². The number of hydrogen-bond acceptors (Lipinski definition) is 7. The van der Waals surface area contributed by atoms with E-state index in [1.807, 2.05) is 30.3 Å². The fourth-order valence-corrected chi connectivity index (χ4v) is 4.56. The average Bonchev–Trinajstić information content (AvgIpc) is 2.82. The normalized spacial score (nSPS) is 15.7. The molecule has 0 aliphatic rings. The summed E-state index contributed by atoms with van der Waals surface area (Å²) in [4.78, 5) is 11.5. The molecule has 1 rings (SSSR count). The number of aldehydes is 1. The molecule has 8 heteroatoms. The van der Waals surface area contributed by atoms with Crippen molar-refractivity contribution in [3.8, 4) is 5.75 Å². The Kier molecular flexibility index (Phi) is 13.4. The second-order valence-corrected chi connectivity index (χ2v) is 15.1. The van der Waals surface area contributed by atoms with Crippen LogP contribution >= 0.6 is 0 Å². The first-order valence-corrected chi connectivity index (χ1v) is 15.0. The lowest BCUT2D eigenvalue weighted by molar-refractivity contribution is -0.134. The number of methoxy groups -OCH3 is 4. The number of allylic oxidation sites excluding steroid dienone is 1. The third-order valence-electron chi connectivity index (χ3n) is 6.65. The highest BCUT2D eigenvalue weighted by molar-refractivity contribution is 6.74. The summed E-state index contributed by atoms with van der Waals surface area (Å²) in [5.41, 5.74) is 1.62. The molecule has 0 heterocycles. The minimum absolute atomic E-state index is 0.00738. The SMILES string of the molecule is COc1ccc(CO[C@H](C[C@H](CC(OC)OC)OC)[C@@H](/C=C(\C)C=O)O[Si](C)(C)C(C)(C)C)cc1. The molecule has 200 valence electrons. The molecule has 7 nitrogen and oxygen atoms in total. The van der Waals surface area contributed by atoms with Gasteiger partial charge in [0, 0.05) is 34.2 Å². The molecule has 0 aliphatic heterocycles. The molecule has 0 N–H and O–H groups in total. The van der Waals surface area contributed by atoms with Crippen molar-refractivity contribution in [1.29, 1.82) is 0 Å². The molecule has 0 spiro atoms. The number of rotatable bonds is 16. The molecular weight excluding hydrogens is 464 g/mol. The van der Waals surface area contributed by atoms with E-state index < -0.39 is 20.7 Å². The number of hydrogen-bond donors (Lipinski definition) is 0. The van der Waals surface area contributed by atoms with Gasteiger partial charge in [-0.15, -0.1) is 0 Å². The van der Waals surface area contributed by atoms with Crippen LogP contribution in [0.2, 0.25) is 18.1 Å². The van der Waals surface area contributed by atoms with E-state index in [0.29, 0.717) is 25.0 Å². The van der Waals surface area contributed by atoms with Gasteiger partial charge >= 0.3 is 0 Å². The van der Waals surface area contributed by atoms with Crippen LogP contribution in [-0.4, -0.2) is 67.6 Å². The fourth-order valence-electron chi connectivity index (χ4n) is 3.31. The summed E-state index contributed by atoms with van der Waals surface area (Å²) in [7, 11) is 4.35. The highest BCUT2D eigenvalue weighted by Crippen LogP contribution is 2.38. The maximum atomic E-state index is 11.5. The lowest BCUT2D eigenvalue weighted by atomic mass is 10.0. The van der Waals surface area contributed by atoms with Crippen LogP contribution in [0.5, 0.6) is 5.75 Å². The van der Waals surface area contributed by atoms with Crippen LogP contribution < -0.4 is 4.74 Å². The molecule has 0 aliphatic carbocycles. The molecule has 0 fully saturated rings. The maximum absolute atomic E-state index is 11.5. The number of carbonyl (C=O) groups is 1. The number of ether oxygens (including phenoxy) is 5. The first kappa shape index (κ1) is 31.5. The molecule has 3 atom stereocenters. The van der Waals surface area contributed by atoms with E-state index in [9.17, 15) is 4.79 Å². The minimum Gasteiger partial charge on any atom is -0.497 e. The Bertz CT molecular complexity index is 767. The van der Waals surface area contributed by atoms with Crippen LogP contribution in [0.4, 0.5) is 0 Å². The van der Waals surface area contributed by atoms with Gasteiger partial charge in [-0.25, -0.2) is 0 Å². The zero-order chi connectivity index (χ0) is 26.6. The molecule has 0 saturated heterocycles. The van der Waals surface area contributed by atoms with Crippen LogP contribution in [0.15, 0.2) is 35.9 Å². The van der Waals surface area contributed by atoms with Gasteiger partial charge in [0.25, 0.3) is 0 Å². The fraction of sp³-hybridized carbons (Fsp3) is 0.667. The smallest absolute Gasteiger partial charge is 0.193 e. The van der Waals surface area contributed by atoms with Crippen LogP contribution in [0.1, 0.15) is 46.1 Å². The van der Waals surface area contributed by atoms with Crippen molar-refractivity contribution in [3.63, 3.8) is 0 Å². The molecule has 35 heavy (non-hydrogen) atoms. The van der Waals surface area contributed by atoms with Crippen molar-refractivity contribution >= 4 is 14.6 Å². The van der Waals surface area contributed by atoms with Crippen LogP contribution in [0.3, 0.4) is 0 Å². The second-order valence-electron chi connectivity index (χ2n) is 10.3. The Balaban J connectivity index is 3.30. The summed E-state index contributed by atoms with van der Waals surface area (Å²) in [5, 5.41) is -0.00738. The zero-order valence-electron chi connectivity index (χ0n) is 23.3. The van der Waals surface area contributed by atoms with Crippen molar-refractivity contribution in [2.75, 3.05) is 28.4 Å². The molecule has 0 bridgehead atoms. The topological polar surface area (TPSA) is 72.5 Å². The molecule has 0 unspecified atom stereocenters. The van der Waals surface area contributed by atoms with Crippen LogP contribution in [0, 0.1) is 0 Å². The molecular formula is C27H46O7Si. The van der Waals surface area contributed by atoms with E-state index >= 15 is 0 Å². The van der Waals surface area contributed by atoms with Crippen LogP contribution in [0.25, 0.3) is 0 Å². The van der Waals surface area contributed by atoms with Gasteiger partial charge in [0.1, 0.15) is 12.0 Å². The van der Waals surface area contributed by atoms with E-state index in [4.69, 9.17) is 28.1 Å². The quantitative estimate of drug-likeness (QED) is 0.125. The highest BCUT2D eigenvalue weighted by atomic mass is 28.4. The third-order valence-corrected chi connectivity index (χ3v) is 11.1. The first-order valence-electron chi connectivity index (χ1n) is 12.0. The van der Waals surface area contributed by atoms with E-state index in [1.165, 1.54) is 0 Å². The van der Waals surface area contributed by atoms with Gasteiger partial charge in [-0.2, -0.15) is 0 Å². The van der Waals surface area contributed by atoms with Crippen molar-refractivity contribution in [1.82, 2.24) is 0 Å². The van der Waals surface area contributed by atoms with Gasteiger partial charge in [-0.3, -0.25) is 4.79 Å². The van der Waals surface area contributed by atoms with Crippen molar-refractivity contribution in [2.45, 2.75) is 89.9 Å². The molecule has 0 amide bonds. The summed E-state index contributed by atoms with van der Waals surface area (Å²) in [6.45, 7) is 13.1. The Morgan fingerprint density at radius 1 is 0.971 bits per heavy atom. The molecule has 1 aromatic rings. The Labute approximate surface area is 213 Å². The number of benzene rings is 1. The maximum Gasteiger partial charge on any atom is 0.193 e. The standard InChI is InChI=1S/C27H46O7Si/c1-20(18-28)15-25(34-35(9,10)27(2,3)4)24(16-23(30-6)17-26(31-7)32-8)33-19-21-11-13-22(29-5)14-12-21/h11-15,18,23-26H,16-17,19H2,1-10H3/b20-15+/t23-,24-,25-/m1/s1. The predicted octanol–water partition coefficient (Wildman–Crippen LogP) is 5.53. The zero-order valence-corrected chi connectivity index (χ0v) is 24.3. The summed E-state index contributed by atoms with van der Waals surface area (Å²) in [6.07, 6.45) is 2.43. The summed E-state index contributed by atoms with van der Waals surface area (Å²) >= 11 is 0. The van der Waals surface area contributed by atoms with Crippen molar-refractivity contribution in [3.05, 3.63) is 41.5 Å². The van der Waals surface area contributed by atoms with Gasteiger partial charge in [0.15, 0.2) is 14.6 Å². The van der Waals surface area contributed by atoms with Gasteiger partial charge in [-0.1, -0.05) is 32.9 Å². The predicted molar refractivity (Wildman–Crippen MR) is 141 cm³/mol. The lowest BCUT2D eigenvalue weighted by Crippen LogP contribution is -2.48. The van der Waals surface area contributed by atoms with E-state index in [0.717, 1.165) is 17.6 Å². The molecule has 1 aromatic carbocycles. The third kappa shape index (κ3) is 10.5. The average molecular weight is 511 g/mol. The van der Waals surface area contributed by atoms with Gasteiger partial charge < -0.3 is 28.1 Å².